The third kappa shape index (κ3) is 2.06. The molecule has 0 aliphatic heterocycles. The zero-order valence-electron chi connectivity index (χ0n) is 9.12. The lowest BCUT2D eigenvalue weighted by Crippen LogP contribution is -2.01. The number of aromatic nitrogens is 2. The van der Waals surface area contributed by atoms with E-state index in [-0.39, 0.29) is 0 Å². The zero-order chi connectivity index (χ0) is 10.7. The third-order valence-corrected chi connectivity index (χ3v) is 2.30. The fraction of sp³-hybridized carbons (Fsp3) is 0.333. The van der Waals surface area contributed by atoms with Crippen molar-refractivity contribution in [2.75, 3.05) is 11.9 Å². The highest BCUT2D eigenvalue weighted by Gasteiger charge is 2.02. The average Bonchev–Trinajstić information content (AvgIpc) is 2.25. The highest BCUT2D eigenvalue weighted by molar-refractivity contribution is 5.90. The molecule has 2 aromatic rings. The summed E-state index contributed by atoms with van der Waals surface area (Å²) >= 11 is 0. The number of hydrogen-bond acceptors (Lipinski definition) is 3. The van der Waals surface area contributed by atoms with Crippen LogP contribution in [-0.2, 0) is 0 Å². The van der Waals surface area contributed by atoms with Gasteiger partial charge in [-0.1, -0.05) is 6.92 Å². The predicted molar refractivity (Wildman–Crippen MR) is 63.1 cm³/mol. The highest BCUT2D eigenvalue weighted by atomic mass is 14.9. The van der Waals surface area contributed by atoms with Crippen LogP contribution in [0.1, 0.15) is 19.0 Å². The third-order valence-electron chi connectivity index (χ3n) is 2.30. The van der Waals surface area contributed by atoms with Crippen LogP contribution in [-0.4, -0.2) is 16.5 Å². The second-order valence-electron chi connectivity index (χ2n) is 3.63. The first-order chi connectivity index (χ1) is 7.31. The Kier molecular flexibility index (Phi) is 2.81. The molecule has 0 fully saturated rings. The molecule has 78 valence electrons. The lowest BCUT2D eigenvalue weighted by molar-refractivity contribution is 0.980. The van der Waals surface area contributed by atoms with Crippen molar-refractivity contribution in [2.45, 2.75) is 20.3 Å². The minimum Gasteiger partial charge on any atom is -0.384 e. The second kappa shape index (κ2) is 4.26. The Labute approximate surface area is 89.6 Å². The van der Waals surface area contributed by atoms with E-state index in [9.17, 15) is 0 Å². The van der Waals surface area contributed by atoms with Crippen molar-refractivity contribution >= 4 is 16.6 Å². The topological polar surface area (TPSA) is 37.8 Å². The fourth-order valence-corrected chi connectivity index (χ4v) is 1.61. The summed E-state index contributed by atoms with van der Waals surface area (Å²) in [5.41, 5.74) is 3.17. The van der Waals surface area contributed by atoms with Crippen LogP contribution in [0.5, 0.6) is 0 Å². The molecule has 0 bridgehead atoms. The summed E-state index contributed by atoms with van der Waals surface area (Å²) < 4.78 is 0. The molecule has 0 amide bonds. The Morgan fingerprint density at radius 1 is 1.40 bits per heavy atom. The van der Waals surface area contributed by atoms with Crippen LogP contribution in [0.25, 0.3) is 10.9 Å². The maximum atomic E-state index is 4.46. The minimum atomic E-state index is 0.980. The molecule has 3 nitrogen and oxygen atoms in total. The Bertz CT molecular complexity index is 465. The lowest BCUT2D eigenvalue weighted by Gasteiger charge is -2.09. The summed E-state index contributed by atoms with van der Waals surface area (Å²) in [5, 5.41) is 4.49. The SMILES string of the molecule is CCCNc1cc(C)nc2ccncc12. The van der Waals surface area contributed by atoms with Gasteiger partial charge in [0, 0.05) is 35.7 Å². The Balaban J connectivity index is 2.50. The molecule has 0 aliphatic carbocycles. The fourth-order valence-electron chi connectivity index (χ4n) is 1.61. The van der Waals surface area contributed by atoms with Gasteiger partial charge in [0.2, 0.25) is 0 Å². The number of nitrogens with zero attached hydrogens (tertiary/aromatic N) is 2. The van der Waals surface area contributed by atoms with Crippen LogP contribution in [0.3, 0.4) is 0 Å². The number of aryl methyl sites for hydroxylation is 1. The van der Waals surface area contributed by atoms with Gasteiger partial charge in [-0.05, 0) is 25.5 Å². The van der Waals surface area contributed by atoms with E-state index in [0.29, 0.717) is 0 Å². The standard InChI is InChI=1S/C12H15N3/c1-3-5-14-12-7-9(2)15-11-4-6-13-8-10(11)12/h4,6-8H,3,5H2,1-2H3,(H,14,15). The van der Waals surface area contributed by atoms with E-state index in [4.69, 9.17) is 0 Å². The van der Waals surface area contributed by atoms with Crippen molar-refractivity contribution in [3.05, 3.63) is 30.2 Å². The van der Waals surface area contributed by atoms with Crippen LogP contribution in [0.4, 0.5) is 5.69 Å². The van der Waals surface area contributed by atoms with E-state index < -0.39 is 0 Å². The Morgan fingerprint density at radius 3 is 3.07 bits per heavy atom. The molecule has 0 aliphatic rings. The number of nitrogens with one attached hydrogen (secondary N) is 1. The van der Waals surface area contributed by atoms with Crippen LogP contribution in [0.2, 0.25) is 0 Å². The summed E-state index contributed by atoms with van der Waals surface area (Å²) in [4.78, 5) is 8.60. The Hall–Kier alpha value is -1.64. The summed E-state index contributed by atoms with van der Waals surface area (Å²) in [6.45, 7) is 5.14. The number of rotatable bonds is 3. The van der Waals surface area contributed by atoms with Gasteiger partial charge in [0.1, 0.15) is 0 Å². The summed E-state index contributed by atoms with van der Waals surface area (Å²) in [5.74, 6) is 0. The van der Waals surface area contributed by atoms with E-state index in [1.54, 1.807) is 6.20 Å². The summed E-state index contributed by atoms with van der Waals surface area (Å²) in [7, 11) is 0. The molecule has 15 heavy (non-hydrogen) atoms. The number of anilines is 1. The maximum Gasteiger partial charge on any atom is 0.0756 e. The van der Waals surface area contributed by atoms with Crippen LogP contribution in [0.15, 0.2) is 24.5 Å². The highest BCUT2D eigenvalue weighted by Crippen LogP contribution is 2.21. The molecule has 0 aromatic carbocycles. The molecular formula is C12H15N3. The van der Waals surface area contributed by atoms with Gasteiger partial charge in [-0.25, -0.2) is 0 Å². The zero-order valence-corrected chi connectivity index (χ0v) is 9.12. The van der Waals surface area contributed by atoms with Gasteiger partial charge in [-0.2, -0.15) is 0 Å². The van der Waals surface area contributed by atoms with Crippen molar-refractivity contribution in [3.63, 3.8) is 0 Å². The van der Waals surface area contributed by atoms with Gasteiger partial charge in [-0.15, -0.1) is 0 Å². The largest absolute Gasteiger partial charge is 0.384 e. The number of pyridine rings is 2. The molecule has 0 saturated heterocycles. The van der Waals surface area contributed by atoms with E-state index in [2.05, 4.69) is 28.3 Å². The molecule has 3 heteroatoms. The van der Waals surface area contributed by atoms with Crippen LogP contribution >= 0.6 is 0 Å². The molecule has 2 aromatic heterocycles. The van der Waals surface area contributed by atoms with Gasteiger partial charge >= 0.3 is 0 Å². The van der Waals surface area contributed by atoms with Gasteiger partial charge in [-0.3, -0.25) is 9.97 Å². The van der Waals surface area contributed by atoms with E-state index in [1.165, 1.54) is 0 Å². The first kappa shape index (κ1) is 9.90. The van der Waals surface area contributed by atoms with Crippen molar-refractivity contribution in [1.29, 1.82) is 0 Å². The molecule has 2 heterocycles. The van der Waals surface area contributed by atoms with Crippen molar-refractivity contribution in [2.24, 2.45) is 0 Å². The van der Waals surface area contributed by atoms with Crippen LogP contribution in [0, 0.1) is 6.92 Å². The van der Waals surface area contributed by atoms with Crippen molar-refractivity contribution in [3.8, 4) is 0 Å². The minimum absolute atomic E-state index is 0.980. The van der Waals surface area contributed by atoms with Gasteiger partial charge in [0.15, 0.2) is 0 Å². The first-order valence-corrected chi connectivity index (χ1v) is 5.26. The summed E-state index contributed by atoms with van der Waals surface area (Å²) in [6, 6.07) is 4.01. The van der Waals surface area contributed by atoms with Crippen molar-refractivity contribution < 1.29 is 0 Å². The normalized spacial score (nSPS) is 10.5. The molecule has 1 N–H and O–H groups in total. The lowest BCUT2D eigenvalue weighted by atomic mass is 10.2. The van der Waals surface area contributed by atoms with Gasteiger partial charge in [0.05, 0.1) is 5.52 Å². The molecule has 0 atom stereocenters. The Morgan fingerprint density at radius 2 is 2.27 bits per heavy atom. The molecule has 2 rings (SSSR count). The first-order valence-electron chi connectivity index (χ1n) is 5.26. The van der Waals surface area contributed by atoms with Gasteiger partial charge in [0.25, 0.3) is 0 Å². The smallest absolute Gasteiger partial charge is 0.0756 e. The maximum absolute atomic E-state index is 4.46. The van der Waals surface area contributed by atoms with Crippen molar-refractivity contribution in [1.82, 2.24) is 9.97 Å². The van der Waals surface area contributed by atoms with E-state index in [1.807, 2.05) is 19.2 Å². The monoisotopic (exact) mass is 201 g/mol. The van der Waals surface area contributed by atoms with Crippen LogP contribution < -0.4 is 5.32 Å². The molecule has 0 spiro atoms. The average molecular weight is 201 g/mol. The molecular weight excluding hydrogens is 186 g/mol. The number of fused-ring (bicyclic) bond motifs is 1. The van der Waals surface area contributed by atoms with E-state index in [0.717, 1.165) is 35.2 Å². The molecule has 0 unspecified atom stereocenters. The predicted octanol–water partition coefficient (Wildman–Crippen LogP) is 2.76. The quantitative estimate of drug-likeness (QED) is 0.829. The van der Waals surface area contributed by atoms with Gasteiger partial charge < -0.3 is 5.32 Å². The second-order valence-corrected chi connectivity index (χ2v) is 3.63. The summed E-state index contributed by atoms with van der Waals surface area (Å²) in [6.07, 6.45) is 4.75. The number of hydrogen-bond donors (Lipinski definition) is 1. The molecule has 0 saturated carbocycles. The van der Waals surface area contributed by atoms with E-state index >= 15 is 0 Å². The molecule has 0 radical (unpaired) electrons.